The van der Waals surface area contributed by atoms with Crippen molar-refractivity contribution in [3.63, 3.8) is 0 Å². The maximum Gasteiger partial charge on any atom is 0.262 e. The van der Waals surface area contributed by atoms with Crippen molar-refractivity contribution in [1.29, 1.82) is 0 Å². The third-order valence-corrected chi connectivity index (χ3v) is 17.1. The number of unbranched alkanes of at least 4 members (excludes halogenated alkanes) is 2. The number of Topliss-reactive ketones (excluding diaryl/α,β-unsaturated/α-hetero) is 1. The summed E-state index contributed by atoms with van der Waals surface area (Å²) in [5.41, 5.74) is -0.478. The lowest BCUT2D eigenvalue weighted by Crippen LogP contribution is -2.68. The highest BCUT2D eigenvalue weighted by Crippen LogP contribution is 2.37. The van der Waals surface area contributed by atoms with Gasteiger partial charge in [0.15, 0.2) is 5.78 Å². The third-order valence-electron chi connectivity index (χ3n) is 12.0. The van der Waals surface area contributed by atoms with Gasteiger partial charge in [0.25, 0.3) is 8.32 Å². The third kappa shape index (κ3) is 9.92. The van der Waals surface area contributed by atoms with Crippen molar-refractivity contribution < 1.29 is 28.4 Å². The zero-order valence-corrected chi connectivity index (χ0v) is 35.8. The molecule has 2 aliphatic rings. The van der Waals surface area contributed by atoms with Gasteiger partial charge in [0.2, 0.25) is 23.6 Å². The molecule has 0 radical (unpaired) electrons. The van der Waals surface area contributed by atoms with Crippen molar-refractivity contribution in [1.82, 2.24) is 20.9 Å². The van der Waals surface area contributed by atoms with Crippen LogP contribution in [0.1, 0.15) is 99.0 Å². The quantitative estimate of drug-likeness (QED) is 0.152. The Bertz CT molecular complexity index is 1810. The minimum atomic E-state index is -2.91. The summed E-state index contributed by atoms with van der Waals surface area (Å²) in [6, 6.07) is 27.4. The number of hydrogen-bond donors (Lipinski definition) is 3. The molecule has 10 nitrogen and oxygen atoms in total. The zero-order chi connectivity index (χ0) is 41.4. The van der Waals surface area contributed by atoms with E-state index in [9.17, 15) is 24.0 Å². The second-order valence-electron chi connectivity index (χ2n) is 17.3. The Hall–Kier alpha value is -4.61. The highest BCUT2D eigenvalue weighted by atomic mass is 28.4. The number of carbonyl (C=O) groups excluding carboxylic acids is 5. The van der Waals surface area contributed by atoms with Crippen LogP contribution in [0.15, 0.2) is 91.0 Å². The van der Waals surface area contributed by atoms with E-state index >= 15 is 0 Å². The van der Waals surface area contributed by atoms with Crippen LogP contribution in [-0.2, 0) is 34.8 Å². The molecule has 0 aromatic heterocycles. The molecule has 3 N–H and O–H groups in total. The van der Waals surface area contributed by atoms with Gasteiger partial charge < -0.3 is 25.3 Å². The molecule has 4 amide bonds. The Morgan fingerprint density at radius 3 is 1.95 bits per heavy atom. The number of fused-ring (bicyclic) bond motifs is 1. The topological polar surface area (TPSA) is 134 Å². The van der Waals surface area contributed by atoms with Gasteiger partial charge in [0.1, 0.15) is 29.8 Å². The second-order valence-corrected chi connectivity index (χ2v) is 21.6. The summed E-state index contributed by atoms with van der Waals surface area (Å²) in [5.74, 6) is -1.88. The molecule has 2 heterocycles. The smallest absolute Gasteiger partial charge is 0.262 e. The van der Waals surface area contributed by atoms with Crippen molar-refractivity contribution in [3.05, 3.63) is 96.6 Å². The summed E-state index contributed by atoms with van der Waals surface area (Å²) in [7, 11) is -2.91. The number of benzene rings is 3. The van der Waals surface area contributed by atoms with Crippen LogP contribution < -0.4 is 26.3 Å². The van der Waals surface area contributed by atoms with Gasteiger partial charge in [-0.05, 0) is 66.4 Å². The van der Waals surface area contributed by atoms with Crippen molar-refractivity contribution >= 4 is 48.1 Å². The molecule has 11 heteroatoms. The van der Waals surface area contributed by atoms with Crippen molar-refractivity contribution in [2.24, 2.45) is 5.92 Å². The van der Waals surface area contributed by atoms with E-state index in [-0.39, 0.29) is 35.0 Å². The van der Waals surface area contributed by atoms with Crippen molar-refractivity contribution in [2.45, 2.75) is 135 Å². The number of nitrogens with one attached hydrogen (secondary N) is 3. The Morgan fingerprint density at radius 2 is 1.39 bits per heavy atom. The molecule has 3 aromatic rings. The number of amides is 4. The maximum absolute atomic E-state index is 14.1. The lowest BCUT2D eigenvalue weighted by molar-refractivity contribution is -0.145. The maximum atomic E-state index is 14.1. The van der Waals surface area contributed by atoms with E-state index < -0.39 is 49.9 Å². The molecule has 2 aliphatic heterocycles. The first-order chi connectivity index (χ1) is 27.1. The van der Waals surface area contributed by atoms with Crippen LogP contribution in [0.3, 0.4) is 0 Å². The van der Waals surface area contributed by atoms with Gasteiger partial charge in [-0.2, -0.15) is 0 Å². The first-order valence-electron chi connectivity index (χ1n) is 20.7. The minimum absolute atomic E-state index is 0.0234. The molecule has 306 valence electrons. The van der Waals surface area contributed by atoms with E-state index in [1.807, 2.05) is 87.5 Å². The molecule has 0 spiro atoms. The fourth-order valence-electron chi connectivity index (χ4n) is 8.25. The summed E-state index contributed by atoms with van der Waals surface area (Å²) in [5, 5.41) is 10.9. The van der Waals surface area contributed by atoms with Gasteiger partial charge in [0, 0.05) is 19.4 Å². The molecule has 3 aromatic carbocycles. The molecule has 0 aliphatic carbocycles. The summed E-state index contributed by atoms with van der Waals surface area (Å²) < 4.78 is 7.04. The van der Waals surface area contributed by atoms with Crippen LogP contribution in [-0.4, -0.2) is 78.9 Å². The van der Waals surface area contributed by atoms with Gasteiger partial charge in [-0.3, -0.25) is 24.0 Å². The minimum Gasteiger partial charge on any atom is -0.398 e. The predicted molar refractivity (Wildman–Crippen MR) is 226 cm³/mol. The van der Waals surface area contributed by atoms with Crippen LogP contribution in [0, 0.1) is 5.92 Å². The number of nitrogens with zero attached hydrogens (tertiary/aromatic N) is 1. The first-order valence-corrected chi connectivity index (χ1v) is 22.6. The van der Waals surface area contributed by atoms with E-state index in [0.717, 1.165) is 15.9 Å². The summed E-state index contributed by atoms with van der Waals surface area (Å²) in [6.45, 7) is 14.2. The van der Waals surface area contributed by atoms with Gasteiger partial charge in [0.05, 0.1) is 0 Å². The fourth-order valence-corrected chi connectivity index (χ4v) is 12.9. The highest BCUT2D eigenvalue weighted by molar-refractivity contribution is 6.99. The van der Waals surface area contributed by atoms with Crippen LogP contribution in [0.2, 0.25) is 5.04 Å². The van der Waals surface area contributed by atoms with Gasteiger partial charge in [-0.15, -0.1) is 0 Å². The normalized spacial score (nSPS) is 22.8. The highest BCUT2D eigenvalue weighted by Gasteiger charge is 2.52. The largest absolute Gasteiger partial charge is 0.398 e. The zero-order valence-electron chi connectivity index (χ0n) is 34.8. The molecule has 2 saturated heterocycles. The van der Waals surface area contributed by atoms with Crippen molar-refractivity contribution in [2.75, 3.05) is 6.54 Å². The molecular formula is C46H62N4O6Si. The van der Waals surface area contributed by atoms with Crippen LogP contribution in [0.5, 0.6) is 0 Å². The monoisotopic (exact) mass is 794 g/mol. The van der Waals surface area contributed by atoms with Crippen molar-refractivity contribution in [3.8, 4) is 0 Å². The molecule has 5 rings (SSSR count). The molecule has 0 saturated carbocycles. The van der Waals surface area contributed by atoms with Gasteiger partial charge >= 0.3 is 0 Å². The van der Waals surface area contributed by atoms with Crippen LogP contribution in [0.4, 0.5) is 0 Å². The summed E-state index contributed by atoms with van der Waals surface area (Å²) in [6.07, 6.45) is 3.17. The Morgan fingerprint density at radius 1 is 0.807 bits per heavy atom. The second kappa shape index (κ2) is 18.8. The Labute approximate surface area is 340 Å². The number of carbonyl (C=O) groups is 5. The molecule has 5 atom stereocenters. The first kappa shape index (κ1) is 43.5. The van der Waals surface area contributed by atoms with Crippen LogP contribution >= 0.6 is 0 Å². The van der Waals surface area contributed by atoms with E-state index in [2.05, 4.69) is 61.0 Å². The SMILES string of the molecule is CC(C)[C@]1(C)NC(=O)[C@H](CCCCCC(=O)[C@H](C)O[Si](c2ccccc2)(c2ccccc2)C(C)(C)C)NC(=O)[C@H]2CCCN2C(=O)[C@H](Cc2ccccc2)NC1=O. The lowest BCUT2D eigenvalue weighted by Gasteiger charge is -2.44. The van der Waals surface area contributed by atoms with Crippen LogP contribution in [0.25, 0.3) is 0 Å². The van der Waals surface area contributed by atoms with E-state index in [1.165, 1.54) is 0 Å². The molecule has 0 bridgehead atoms. The van der Waals surface area contributed by atoms with E-state index in [4.69, 9.17) is 4.43 Å². The standard InChI is InChI=1S/C46H62N4O6Si/c1-32(2)46(7)44(55)48-38(31-34-21-12-8-13-22-34)43(54)50-30-20-28-39(50)42(53)47-37(41(52)49-46)27-18-11-19-29-40(51)33(3)56-57(45(4,5)6,35-23-14-9-15-24-35)36-25-16-10-17-26-36/h8-10,12-17,21-26,32-33,37-39H,11,18-20,27-31H2,1-7H3,(H,47,53)(H,48,55)(H,49,52)/t33-,37-,38-,39+,46-/m0/s1. The molecular weight excluding hydrogens is 733 g/mol. The molecule has 2 fully saturated rings. The predicted octanol–water partition coefficient (Wildman–Crippen LogP) is 5.22. The fraction of sp³-hybridized carbons (Fsp3) is 0.500. The summed E-state index contributed by atoms with van der Waals surface area (Å²) >= 11 is 0. The lowest BCUT2D eigenvalue weighted by atomic mass is 9.86. The Balaban J connectivity index is 1.26. The average molecular weight is 795 g/mol. The average Bonchev–Trinajstić information content (AvgIpc) is 3.69. The Kier molecular flexibility index (Phi) is 14.3. The number of hydrogen-bond acceptors (Lipinski definition) is 6. The van der Waals surface area contributed by atoms with E-state index in [0.29, 0.717) is 51.5 Å². The molecule has 57 heavy (non-hydrogen) atoms. The van der Waals surface area contributed by atoms with Gasteiger partial charge in [-0.1, -0.05) is 138 Å². The number of ketones is 1. The van der Waals surface area contributed by atoms with E-state index in [1.54, 1.807) is 11.8 Å². The summed E-state index contributed by atoms with van der Waals surface area (Å²) in [4.78, 5) is 71.3. The molecule has 0 unspecified atom stereocenters. The number of rotatable bonds is 14. The van der Waals surface area contributed by atoms with Gasteiger partial charge in [-0.25, -0.2) is 0 Å².